The largest absolute Gasteiger partial charge is 0.0971 e. The molecule has 5 aliphatic rings. The molecule has 5 fully saturated rings. The van der Waals surface area contributed by atoms with Crippen molar-refractivity contribution >= 4 is 7.92 Å². The van der Waals surface area contributed by atoms with Gasteiger partial charge in [-0.2, -0.15) is 0 Å². The Kier molecular flexibility index (Phi) is 21.1. The van der Waals surface area contributed by atoms with Crippen LogP contribution in [0.4, 0.5) is 0 Å². The summed E-state index contributed by atoms with van der Waals surface area (Å²) in [6.07, 6.45) is 51.6. The van der Waals surface area contributed by atoms with Crippen LogP contribution in [0.25, 0.3) is 0 Å². The zero-order valence-electron chi connectivity index (χ0n) is 23.4. The second kappa shape index (κ2) is 22.8. The Labute approximate surface area is 242 Å². The van der Waals surface area contributed by atoms with Gasteiger partial charge in [0, 0.05) is 19.5 Å². The molecule has 8 radical (unpaired) electrons. The smallest absolute Gasteiger partial charge is 0 e. The van der Waals surface area contributed by atoms with Crippen LogP contribution in [0.5, 0.6) is 0 Å². The topological polar surface area (TPSA) is 0 Å². The molecule has 0 atom stereocenters. The molecule has 5 rings (SSSR count). The molecule has 0 aromatic rings. The van der Waals surface area contributed by atoms with E-state index in [0.717, 1.165) is 0 Å². The SMILES string of the molecule is C1CCC(P(C2CCCCC2)C2CCCCC2)CC1.[CH]1[CH]CC[CH][CH]CC1.[CH]1[CH]CC[CH][CH]CC1.[Ru]. The zero-order valence-corrected chi connectivity index (χ0v) is 26.0. The Morgan fingerprint density at radius 1 is 0.306 bits per heavy atom. The molecule has 0 nitrogen and oxygen atoms in total. The Morgan fingerprint density at radius 3 is 0.694 bits per heavy atom. The zero-order chi connectivity index (χ0) is 24.2. The van der Waals surface area contributed by atoms with Crippen LogP contribution >= 0.6 is 7.92 Å². The first kappa shape index (κ1) is 33.3. The molecule has 0 N–H and O–H groups in total. The monoisotopic (exact) mass is 598 g/mol. The van der Waals surface area contributed by atoms with E-state index in [-0.39, 0.29) is 19.5 Å². The van der Waals surface area contributed by atoms with Crippen molar-refractivity contribution < 1.29 is 19.5 Å². The number of rotatable bonds is 3. The van der Waals surface area contributed by atoms with Crippen molar-refractivity contribution in [2.75, 3.05) is 0 Å². The van der Waals surface area contributed by atoms with Crippen LogP contribution in [-0.4, -0.2) is 17.0 Å². The first-order chi connectivity index (χ1) is 17.4. The molecule has 2 heteroatoms. The fourth-order valence-corrected chi connectivity index (χ4v) is 11.4. The van der Waals surface area contributed by atoms with Crippen LogP contribution < -0.4 is 0 Å². The van der Waals surface area contributed by atoms with Crippen molar-refractivity contribution in [2.24, 2.45) is 0 Å². The predicted molar refractivity (Wildman–Crippen MR) is 159 cm³/mol. The Balaban J connectivity index is 0.000000223. The van der Waals surface area contributed by atoms with Gasteiger partial charge in [0.25, 0.3) is 0 Å². The van der Waals surface area contributed by atoms with Crippen molar-refractivity contribution in [1.82, 2.24) is 0 Å². The molecule has 0 aromatic heterocycles. The fourth-order valence-electron chi connectivity index (χ4n) is 6.74. The van der Waals surface area contributed by atoms with E-state index in [4.69, 9.17) is 0 Å². The summed E-state index contributed by atoms with van der Waals surface area (Å²) in [5, 5.41) is 0. The van der Waals surface area contributed by atoms with E-state index >= 15 is 0 Å². The summed E-state index contributed by atoms with van der Waals surface area (Å²) in [6.45, 7) is 0. The maximum absolute atomic E-state index is 2.27. The van der Waals surface area contributed by atoms with Crippen molar-refractivity contribution in [3.05, 3.63) is 51.4 Å². The third-order valence-electron chi connectivity index (χ3n) is 8.66. The molecular weight excluding hydrogens is 540 g/mol. The molecule has 5 saturated carbocycles. The Morgan fingerprint density at radius 2 is 0.500 bits per heavy atom. The summed E-state index contributed by atoms with van der Waals surface area (Å²) in [6, 6.07) is 0. The number of hydrogen-bond acceptors (Lipinski definition) is 0. The molecule has 0 unspecified atom stereocenters. The summed E-state index contributed by atoms with van der Waals surface area (Å²) < 4.78 is 0. The molecule has 0 amide bonds. The van der Waals surface area contributed by atoms with Crippen LogP contribution in [0.1, 0.15) is 148 Å². The van der Waals surface area contributed by atoms with Crippen LogP contribution in [0.3, 0.4) is 0 Å². The minimum Gasteiger partial charge on any atom is -0.0971 e. The first-order valence-corrected chi connectivity index (χ1v) is 17.4. The van der Waals surface area contributed by atoms with Gasteiger partial charge in [0.1, 0.15) is 0 Å². The van der Waals surface area contributed by atoms with Gasteiger partial charge in [-0.3, -0.25) is 0 Å². The molecule has 0 bridgehead atoms. The van der Waals surface area contributed by atoms with E-state index in [1.54, 1.807) is 77.0 Å². The van der Waals surface area contributed by atoms with E-state index < -0.39 is 0 Å². The molecule has 0 saturated heterocycles. The maximum Gasteiger partial charge on any atom is 0 e. The standard InChI is InChI=1S/C18H33P.2C8H12.Ru/c1-4-10-16(11-5-1)19(17-12-6-2-7-13-17)18-14-8-3-9-15-18;2*1-2-4-6-8-7-5-3-1;/h16-18H,1-15H2;2*1-2,7-8H,3-6H2;. The second-order valence-electron chi connectivity index (χ2n) is 11.5. The van der Waals surface area contributed by atoms with Crippen molar-refractivity contribution in [1.29, 1.82) is 0 Å². The average molecular weight is 598 g/mol. The maximum atomic E-state index is 2.27. The van der Waals surface area contributed by atoms with Gasteiger partial charge in [-0.1, -0.05) is 65.7 Å². The van der Waals surface area contributed by atoms with Crippen LogP contribution in [0.2, 0.25) is 0 Å². The third kappa shape index (κ3) is 14.4. The molecular formula is C34H57PRu. The van der Waals surface area contributed by atoms with E-state index in [2.05, 4.69) is 51.4 Å². The van der Waals surface area contributed by atoms with Gasteiger partial charge in [-0.25, -0.2) is 0 Å². The van der Waals surface area contributed by atoms with Crippen LogP contribution in [-0.2, 0) is 19.5 Å². The Bertz CT molecular complexity index is 355. The van der Waals surface area contributed by atoms with Crippen molar-refractivity contribution in [3.63, 3.8) is 0 Å². The average Bonchev–Trinajstić information content (AvgIpc) is 2.86. The van der Waals surface area contributed by atoms with E-state index in [1.807, 2.05) is 0 Å². The molecule has 0 spiro atoms. The van der Waals surface area contributed by atoms with Crippen LogP contribution in [0.15, 0.2) is 0 Å². The summed E-state index contributed by atoms with van der Waals surface area (Å²) in [5.41, 5.74) is 3.57. The fraction of sp³-hybridized carbons (Fsp3) is 0.765. The minimum atomic E-state index is 0. The van der Waals surface area contributed by atoms with E-state index in [1.165, 1.54) is 87.6 Å². The van der Waals surface area contributed by atoms with Gasteiger partial charge in [0.05, 0.1) is 0 Å². The normalized spacial score (nSPS) is 25.9. The summed E-state index contributed by atoms with van der Waals surface area (Å²) >= 11 is 0. The molecule has 206 valence electrons. The van der Waals surface area contributed by atoms with Gasteiger partial charge in [-0.05, 0) is 158 Å². The third-order valence-corrected chi connectivity index (χ3v) is 12.7. The molecule has 0 heterocycles. The summed E-state index contributed by atoms with van der Waals surface area (Å²) in [4.78, 5) is 0. The van der Waals surface area contributed by atoms with E-state index in [0.29, 0.717) is 7.92 Å². The summed E-state index contributed by atoms with van der Waals surface area (Å²) in [7, 11) is 0.385. The Hall–Kier alpha value is 1.05. The van der Waals surface area contributed by atoms with Gasteiger partial charge < -0.3 is 0 Å². The first-order valence-electron chi connectivity index (χ1n) is 15.8. The van der Waals surface area contributed by atoms with Crippen molar-refractivity contribution in [3.8, 4) is 0 Å². The molecule has 0 aromatic carbocycles. The molecule has 36 heavy (non-hydrogen) atoms. The second-order valence-corrected chi connectivity index (χ2v) is 14.6. The molecule has 5 aliphatic carbocycles. The minimum absolute atomic E-state index is 0. The van der Waals surface area contributed by atoms with E-state index in [9.17, 15) is 0 Å². The van der Waals surface area contributed by atoms with Crippen molar-refractivity contribution in [2.45, 2.75) is 165 Å². The van der Waals surface area contributed by atoms with Crippen LogP contribution in [0, 0.1) is 51.4 Å². The number of hydrogen-bond donors (Lipinski definition) is 0. The van der Waals surface area contributed by atoms with Gasteiger partial charge in [0.2, 0.25) is 0 Å². The van der Waals surface area contributed by atoms with Gasteiger partial charge in [0.15, 0.2) is 0 Å². The quantitative estimate of drug-likeness (QED) is 0.224. The van der Waals surface area contributed by atoms with Gasteiger partial charge >= 0.3 is 0 Å². The summed E-state index contributed by atoms with van der Waals surface area (Å²) in [5.74, 6) is 0. The molecule has 0 aliphatic heterocycles. The predicted octanol–water partition coefficient (Wildman–Crippen LogP) is 11.2. The van der Waals surface area contributed by atoms with Gasteiger partial charge in [-0.15, -0.1) is 0 Å².